The average molecular weight is 333 g/mol. The topological polar surface area (TPSA) is 37.3 Å². The van der Waals surface area contributed by atoms with E-state index in [1.54, 1.807) is 23.5 Å². The maximum Gasteiger partial charge on any atom is 0.336 e. The fourth-order valence-corrected chi connectivity index (χ4v) is 3.43. The van der Waals surface area contributed by atoms with Crippen LogP contribution < -0.4 is 0 Å². The average Bonchev–Trinajstić information content (AvgIpc) is 2.87. The number of fused-ring (bicyclic) bond motifs is 1. The van der Waals surface area contributed by atoms with Crippen LogP contribution in [0.5, 0.6) is 0 Å². The number of carboxylic acid groups (broad SMARTS) is 1. The van der Waals surface area contributed by atoms with E-state index >= 15 is 0 Å². The lowest BCUT2D eigenvalue weighted by molar-refractivity contribution is 0.0696. The highest BCUT2D eigenvalue weighted by Crippen LogP contribution is 2.34. The monoisotopic (exact) mass is 332 g/mol. The predicted octanol–water partition coefficient (Wildman–Crippen LogP) is 5.03. The summed E-state index contributed by atoms with van der Waals surface area (Å²) in [7, 11) is 0. The highest BCUT2D eigenvalue weighted by Gasteiger charge is 2.11. The lowest BCUT2D eigenvalue weighted by Crippen LogP contribution is -1.97. The van der Waals surface area contributed by atoms with Gasteiger partial charge in [0.25, 0.3) is 0 Å². The molecule has 0 saturated carbocycles. The molecule has 0 spiro atoms. The van der Waals surface area contributed by atoms with Crippen LogP contribution in [0.4, 0.5) is 0 Å². The first-order valence-electron chi connectivity index (χ1n) is 5.66. The molecule has 0 bridgehead atoms. The number of hydrogen-bond donors (Lipinski definition) is 1. The number of carboxylic acids is 1. The van der Waals surface area contributed by atoms with Gasteiger partial charge in [0, 0.05) is 9.17 Å². The van der Waals surface area contributed by atoms with Gasteiger partial charge in [0.2, 0.25) is 0 Å². The molecule has 0 radical (unpaired) electrons. The third-order valence-corrected chi connectivity index (χ3v) is 4.64. The molecule has 2 nitrogen and oxygen atoms in total. The van der Waals surface area contributed by atoms with E-state index in [0.29, 0.717) is 4.47 Å². The second-order valence-electron chi connectivity index (χ2n) is 4.14. The van der Waals surface area contributed by atoms with Crippen LogP contribution in [-0.2, 0) is 0 Å². The molecule has 1 aromatic heterocycles. The van der Waals surface area contributed by atoms with Crippen LogP contribution in [-0.4, -0.2) is 11.1 Å². The van der Waals surface area contributed by atoms with Crippen molar-refractivity contribution in [3.63, 3.8) is 0 Å². The molecule has 1 N–H and O–H groups in total. The Bertz CT molecular complexity index is 777. The van der Waals surface area contributed by atoms with E-state index in [-0.39, 0.29) is 5.56 Å². The van der Waals surface area contributed by atoms with Gasteiger partial charge in [-0.2, -0.15) is 0 Å². The summed E-state index contributed by atoms with van der Waals surface area (Å²) in [6.07, 6.45) is 0. The zero-order chi connectivity index (χ0) is 13.4. The zero-order valence-electron chi connectivity index (χ0n) is 9.76. The molecular formula is C15H9BrO2S. The zero-order valence-corrected chi connectivity index (χ0v) is 12.2. The normalized spacial score (nSPS) is 10.8. The summed E-state index contributed by atoms with van der Waals surface area (Å²) in [6.45, 7) is 0. The predicted molar refractivity (Wildman–Crippen MR) is 81.9 cm³/mol. The van der Waals surface area contributed by atoms with Gasteiger partial charge in [-0.25, -0.2) is 4.79 Å². The first-order chi connectivity index (χ1) is 9.16. The molecule has 3 rings (SSSR count). The summed E-state index contributed by atoms with van der Waals surface area (Å²) < 4.78 is 1.78. The van der Waals surface area contributed by atoms with Crippen molar-refractivity contribution in [2.24, 2.45) is 0 Å². The number of hydrogen-bond acceptors (Lipinski definition) is 2. The van der Waals surface area contributed by atoms with Gasteiger partial charge in [0.05, 0.1) is 5.56 Å². The van der Waals surface area contributed by atoms with E-state index in [4.69, 9.17) is 0 Å². The minimum atomic E-state index is -0.924. The first-order valence-corrected chi connectivity index (χ1v) is 7.33. The number of rotatable bonds is 2. The Morgan fingerprint density at radius 3 is 2.79 bits per heavy atom. The molecule has 0 saturated heterocycles. The molecule has 1 heterocycles. The van der Waals surface area contributed by atoms with Crippen molar-refractivity contribution in [3.8, 4) is 11.1 Å². The van der Waals surface area contributed by atoms with Gasteiger partial charge in [0.1, 0.15) is 0 Å². The Kier molecular flexibility index (Phi) is 3.12. The smallest absolute Gasteiger partial charge is 0.336 e. The van der Waals surface area contributed by atoms with Gasteiger partial charge in [-0.3, -0.25) is 0 Å². The van der Waals surface area contributed by atoms with Crippen molar-refractivity contribution in [2.45, 2.75) is 0 Å². The molecule has 0 aliphatic carbocycles. The number of thiophene rings is 1. The van der Waals surface area contributed by atoms with Gasteiger partial charge >= 0.3 is 5.97 Å². The van der Waals surface area contributed by atoms with E-state index in [0.717, 1.165) is 11.1 Å². The van der Waals surface area contributed by atoms with Crippen LogP contribution >= 0.6 is 27.3 Å². The molecule has 0 atom stereocenters. The quantitative estimate of drug-likeness (QED) is 0.714. The summed E-state index contributed by atoms with van der Waals surface area (Å²) >= 11 is 4.94. The largest absolute Gasteiger partial charge is 0.478 e. The van der Waals surface area contributed by atoms with E-state index in [1.807, 2.05) is 23.6 Å². The molecule has 0 aliphatic heterocycles. The molecule has 2 aromatic carbocycles. The highest BCUT2D eigenvalue weighted by atomic mass is 79.9. The van der Waals surface area contributed by atoms with Gasteiger partial charge in [-0.05, 0) is 56.0 Å². The highest BCUT2D eigenvalue weighted by molar-refractivity contribution is 9.10. The Labute approximate surface area is 122 Å². The molecule has 19 heavy (non-hydrogen) atoms. The van der Waals surface area contributed by atoms with E-state index in [9.17, 15) is 9.90 Å². The van der Waals surface area contributed by atoms with Crippen molar-refractivity contribution in [2.75, 3.05) is 0 Å². The molecule has 4 heteroatoms. The van der Waals surface area contributed by atoms with Crippen LogP contribution in [0.15, 0.2) is 52.3 Å². The van der Waals surface area contributed by atoms with Crippen molar-refractivity contribution < 1.29 is 9.90 Å². The summed E-state index contributed by atoms with van der Waals surface area (Å²) in [5, 5.41) is 12.4. The Hall–Kier alpha value is -1.65. The molecule has 0 amide bonds. The second-order valence-corrected chi connectivity index (χ2v) is 5.91. The van der Waals surface area contributed by atoms with Crippen molar-refractivity contribution in [1.82, 2.24) is 0 Å². The van der Waals surface area contributed by atoms with Crippen molar-refractivity contribution >= 4 is 43.3 Å². The third-order valence-electron chi connectivity index (χ3n) is 2.99. The Morgan fingerprint density at radius 1 is 1.16 bits per heavy atom. The summed E-state index contributed by atoms with van der Waals surface area (Å²) in [5.74, 6) is -0.924. The molecule has 0 aliphatic rings. The van der Waals surface area contributed by atoms with Crippen LogP contribution in [0, 0.1) is 0 Å². The minimum absolute atomic E-state index is 0.283. The SMILES string of the molecule is O=C(O)c1cc(-c2cccc3ccsc23)ccc1Br. The third kappa shape index (κ3) is 2.17. The van der Waals surface area contributed by atoms with Crippen molar-refractivity contribution in [1.29, 1.82) is 0 Å². The van der Waals surface area contributed by atoms with Crippen LogP contribution in [0.1, 0.15) is 10.4 Å². The fourth-order valence-electron chi connectivity index (χ4n) is 2.08. The van der Waals surface area contributed by atoms with Gasteiger partial charge < -0.3 is 5.11 Å². The molecule has 0 fully saturated rings. The lowest BCUT2D eigenvalue weighted by Gasteiger charge is -2.06. The molecule has 0 unspecified atom stereocenters. The van der Waals surface area contributed by atoms with E-state index in [2.05, 4.69) is 28.1 Å². The number of halogens is 1. The Morgan fingerprint density at radius 2 is 2.00 bits per heavy atom. The number of aromatic carboxylic acids is 1. The van der Waals surface area contributed by atoms with E-state index < -0.39 is 5.97 Å². The van der Waals surface area contributed by atoms with Crippen molar-refractivity contribution in [3.05, 3.63) is 57.9 Å². The maximum absolute atomic E-state index is 11.2. The summed E-state index contributed by atoms with van der Waals surface area (Å²) in [4.78, 5) is 11.2. The van der Waals surface area contributed by atoms with Crippen LogP contribution in [0.3, 0.4) is 0 Å². The van der Waals surface area contributed by atoms with Crippen LogP contribution in [0.25, 0.3) is 21.2 Å². The van der Waals surface area contributed by atoms with Gasteiger partial charge in [0.15, 0.2) is 0 Å². The van der Waals surface area contributed by atoms with Gasteiger partial charge in [-0.15, -0.1) is 11.3 Å². The molecule has 3 aromatic rings. The Balaban J connectivity index is 2.24. The van der Waals surface area contributed by atoms with E-state index in [1.165, 1.54) is 10.1 Å². The fraction of sp³-hybridized carbons (Fsp3) is 0. The number of benzene rings is 2. The minimum Gasteiger partial charge on any atom is -0.478 e. The first kappa shape index (κ1) is 12.4. The lowest BCUT2D eigenvalue weighted by atomic mass is 10.0. The maximum atomic E-state index is 11.2. The molecular weight excluding hydrogens is 324 g/mol. The number of carbonyl (C=O) groups is 1. The summed E-state index contributed by atoms with van der Waals surface area (Å²) in [5.41, 5.74) is 2.28. The summed E-state index contributed by atoms with van der Waals surface area (Å²) in [6, 6.07) is 13.6. The standard InChI is InChI=1S/C15H9BrO2S/c16-13-5-4-10(8-12(13)15(17)18)11-3-1-2-9-6-7-19-14(9)11/h1-8H,(H,17,18). The van der Waals surface area contributed by atoms with Gasteiger partial charge in [-0.1, -0.05) is 24.3 Å². The van der Waals surface area contributed by atoms with Crippen LogP contribution in [0.2, 0.25) is 0 Å². The second kappa shape index (κ2) is 4.79. The molecule has 94 valence electrons.